The van der Waals surface area contributed by atoms with E-state index in [0.717, 1.165) is 30.1 Å². The van der Waals surface area contributed by atoms with Crippen LogP contribution in [-0.4, -0.2) is 18.3 Å². The molecular weight excluding hydrogens is 252 g/mol. The first kappa shape index (κ1) is 13.0. The first-order valence-electron chi connectivity index (χ1n) is 6.91. The number of ether oxygens (including phenoxy) is 2. The number of aliphatic hydroxyl groups is 1. The molecule has 3 rings (SSSR count). The van der Waals surface area contributed by atoms with Crippen LogP contribution in [0.3, 0.4) is 0 Å². The summed E-state index contributed by atoms with van der Waals surface area (Å²) in [4.78, 5) is 0. The van der Waals surface area contributed by atoms with E-state index in [4.69, 9.17) is 14.6 Å². The molecule has 1 aliphatic rings. The van der Waals surface area contributed by atoms with Crippen LogP contribution in [0.25, 0.3) is 0 Å². The van der Waals surface area contributed by atoms with Crippen LogP contribution in [0.15, 0.2) is 48.5 Å². The Morgan fingerprint density at radius 3 is 2.95 bits per heavy atom. The van der Waals surface area contributed by atoms with E-state index in [0.29, 0.717) is 12.5 Å². The standard InChI is InChI=1S/C17H18O3/c18-11-13-4-3-5-15(10-13)20-12-14-8-9-19-17-7-2-1-6-16(14)17/h1-7,10,14,18H,8-9,11-12H2. The molecule has 1 atom stereocenters. The third-order valence-electron chi connectivity index (χ3n) is 3.61. The fourth-order valence-electron chi connectivity index (χ4n) is 2.52. The molecule has 1 heterocycles. The molecule has 20 heavy (non-hydrogen) atoms. The van der Waals surface area contributed by atoms with Gasteiger partial charge >= 0.3 is 0 Å². The Hall–Kier alpha value is -2.00. The highest BCUT2D eigenvalue weighted by molar-refractivity contribution is 5.38. The largest absolute Gasteiger partial charge is 0.493 e. The molecule has 0 aliphatic carbocycles. The Labute approximate surface area is 118 Å². The molecule has 1 N–H and O–H groups in total. The van der Waals surface area contributed by atoms with Crippen molar-refractivity contribution in [2.75, 3.05) is 13.2 Å². The van der Waals surface area contributed by atoms with Gasteiger partial charge in [-0.1, -0.05) is 30.3 Å². The van der Waals surface area contributed by atoms with Gasteiger partial charge in [-0.05, 0) is 30.2 Å². The van der Waals surface area contributed by atoms with Gasteiger partial charge in [0.05, 0.1) is 19.8 Å². The first-order valence-corrected chi connectivity index (χ1v) is 6.91. The summed E-state index contributed by atoms with van der Waals surface area (Å²) < 4.78 is 11.5. The van der Waals surface area contributed by atoms with Gasteiger partial charge in [0.15, 0.2) is 0 Å². The van der Waals surface area contributed by atoms with E-state index >= 15 is 0 Å². The number of aliphatic hydroxyl groups excluding tert-OH is 1. The SMILES string of the molecule is OCc1cccc(OCC2CCOc3ccccc32)c1. The van der Waals surface area contributed by atoms with Gasteiger partial charge < -0.3 is 14.6 Å². The van der Waals surface area contributed by atoms with Crippen LogP contribution < -0.4 is 9.47 Å². The minimum absolute atomic E-state index is 0.0390. The second kappa shape index (κ2) is 5.97. The molecule has 0 aromatic heterocycles. The van der Waals surface area contributed by atoms with Crippen LogP contribution in [0.2, 0.25) is 0 Å². The molecule has 1 aliphatic heterocycles. The van der Waals surface area contributed by atoms with Gasteiger partial charge in [-0.15, -0.1) is 0 Å². The van der Waals surface area contributed by atoms with Crippen molar-refractivity contribution in [2.45, 2.75) is 18.9 Å². The molecule has 3 heteroatoms. The second-order valence-corrected chi connectivity index (χ2v) is 4.99. The van der Waals surface area contributed by atoms with Gasteiger partial charge in [-0.2, -0.15) is 0 Å². The topological polar surface area (TPSA) is 38.7 Å². The summed E-state index contributed by atoms with van der Waals surface area (Å²) >= 11 is 0. The van der Waals surface area contributed by atoms with Gasteiger partial charge in [-0.25, -0.2) is 0 Å². The van der Waals surface area contributed by atoms with E-state index in [9.17, 15) is 0 Å². The highest BCUT2D eigenvalue weighted by Crippen LogP contribution is 2.33. The minimum atomic E-state index is 0.0390. The predicted molar refractivity (Wildman–Crippen MR) is 77.2 cm³/mol. The van der Waals surface area contributed by atoms with Crippen LogP contribution in [0, 0.1) is 0 Å². The maximum Gasteiger partial charge on any atom is 0.122 e. The summed E-state index contributed by atoms with van der Waals surface area (Å²) in [6, 6.07) is 15.7. The molecular formula is C17H18O3. The summed E-state index contributed by atoms with van der Waals surface area (Å²) in [6.07, 6.45) is 0.969. The van der Waals surface area contributed by atoms with Crippen molar-refractivity contribution in [3.05, 3.63) is 59.7 Å². The van der Waals surface area contributed by atoms with Crippen molar-refractivity contribution in [1.29, 1.82) is 0 Å². The van der Waals surface area contributed by atoms with E-state index in [-0.39, 0.29) is 6.61 Å². The van der Waals surface area contributed by atoms with E-state index in [1.807, 2.05) is 42.5 Å². The molecule has 0 bridgehead atoms. The Morgan fingerprint density at radius 1 is 1.15 bits per heavy atom. The molecule has 0 fully saturated rings. The third kappa shape index (κ3) is 2.78. The maximum absolute atomic E-state index is 9.14. The second-order valence-electron chi connectivity index (χ2n) is 4.99. The van der Waals surface area contributed by atoms with Crippen molar-refractivity contribution in [3.8, 4) is 11.5 Å². The Bertz CT molecular complexity index is 580. The molecule has 0 saturated heterocycles. The van der Waals surface area contributed by atoms with Gasteiger partial charge in [0, 0.05) is 11.5 Å². The number of fused-ring (bicyclic) bond motifs is 1. The Morgan fingerprint density at radius 2 is 2.05 bits per heavy atom. The summed E-state index contributed by atoms with van der Waals surface area (Å²) in [5.74, 6) is 2.13. The highest BCUT2D eigenvalue weighted by Gasteiger charge is 2.21. The van der Waals surface area contributed by atoms with Gasteiger partial charge in [0.25, 0.3) is 0 Å². The molecule has 0 saturated carbocycles. The predicted octanol–water partition coefficient (Wildman–Crippen LogP) is 3.12. The summed E-state index contributed by atoms with van der Waals surface area (Å²) in [6.45, 7) is 1.41. The van der Waals surface area contributed by atoms with Crippen molar-refractivity contribution in [1.82, 2.24) is 0 Å². The zero-order valence-electron chi connectivity index (χ0n) is 11.3. The molecule has 0 spiro atoms. The number of hydrogen-bond donors (Lipinski definition) is 1. The van der Waals surface area contributed by atoms with Crippen LogP contribution in [0.5, 0.6) is 11.5 Å². The van der Waals surface area contributed by atoms with Crippen LogP contribution in [-0.2, 0) is 6.61 Å². The van der Waals surface area contributed by atoms with Crippen LogP contribution in [0.1, 0.15) is 23.5 Å². The average molecular weight is 270 g/mol. The fourth-order valence-corrected chi connectivity index (χ4v) is 2.52. The monoisotopic (exact) mass is 270 g/mol. The van der Waals surface area contributed by atoms with E-state index in [2.05, 4.69) is 6.07 Å². The number of para-hydroxylation sites is 1. The lowest BCUT2D eigenvalue weighted by Gasteiger charge is -2.25. The lowest BCUT2D eigenvalue weighted by Crippen LogP contribution is -2.19. The Balaban J connectivity index is 1.70. The minimum Gasteiger partial charge on any atom is -0.493 e. The number of rotatable bonds is 4. The molecule has 0 radical (unpaired) electrons. The van der Waals surface area contributed by atoms with Crippen molar-refractivity contribution in [2.24, 2.45) is 0 Å². The normalized spacial score (nSPS) is 17.1. The highest BCUT2D eigenvalue weighted by atomic mass is 16.5. The smallest absolute Gasteiger partial charge is 0.122 e. The Kier molecular flexibility index (Phi) is 3.88. The molecule has 104 valence electrons. The van der Waals surface area contributed by atoms with Crippen LogP contribution in [0.4, 0.5) is 0 Å². The molecule has 2 aromatic rings. The lowest BCUT2D eigenvalue weighted by atomic mass is 9.94. The van der Waals surface area contributed by atoms with Gasteiger partial charge in [0.1, 0.15) is 11.5 Å². The van der Waals surface area contributed by atoms with Crippen molar-refractivity contribution >= 4 is 0 Å². The van der Waals surface area contributed by atoms with Gasteiger partial charge in [0.2, 0.25) is 0 Å². The fraction of sp³-hybridized carbons (Fsp3) is 0.294. The lowest BCUT2D eigenvalue weighted by molar-refractivity contribution is 0.217. The van der Waals surface area contributed by atoms with Crippen molar-refractivity contribution < 1.29 is 14.6 Å². The molecule has 1 unspecified atom stereocenters. The molecule has 2 aromatic carbocycles. The number of benzene rings is 2. The van der Waals surface area contributed by atoms with E-state index in [1.54, 1.807) is 0 Å². The number of hydrogen-bond acceptors (Lipinski definition) is 3. The summed E-state index contributed by atoms with van der Waals surface area (Å²) in [7, 11) is 0. The van der Waals surface area contributed by atoms with Gasteiger partial charge in [-0.3, -0.25) is 0 Å². The molecule has 3 nitrogen and oxygen atoms in total. The molecule has 0 amide bonds. The van der Waals surface area contributed by atoms with E-state index in [1.165, 1.54) is 5.56 Å². The zero-order valence-corrected chi connectivity index (χ0v) is 11.3. The third-order valence-corrected chi connectivity index (χ3v) is 3.61. The van der Waals surface area contributed by atoms with Crippen LogP contribution >= 0.6 is 0 Å². The quantitative estimate of drug-likeness (QED) is 0.927. The summed E-state index contributed by atoms with van der Waals surface area (Å²) in [5, 5.41) is 9.14. The average Bonchev–Trinajstić information content (AvgIpc) is 2.53. The maximum atomic E-state index is 9.14. The van der Waals surface area contributed by atoms with Crippen molar-refractivity contribution in [3.63, 3.8) is 0 Å². The zero-order chi connectivity index (χ0) is 13.8. The van der Waals surface area contributed by atoms with E-state index < -0.39 is 0 Å². The first-order chi connectivity index (χ1) is 9.86. The summed E-state index contributed by atoms with van der Waals surface area (Å²) in [5.41, 5.74) is 2.09.